The Hall–Kier alpha value is -0.340. The van der Waals surface area contributed by atoms with Gasteiger partial charge in [0.15, 0.2) is 0 Å². The van der Waals surface area contributed by atoms with E-state index in [1.807, 2.05) is 19.9 Å². The van der Waals surface area contributed by atoms with Crippen LogP contribution >= 0.6 is 0 Å². The van der Waals surface area contributed by atoms with Crippen LogP contribution in [0.1, 0.15) is 54.9 Å². The first kappa shape index (κ1) is 18.0. The molecule has 16 heavy (non-hydrogen) atoms. The van der Waals surface area contributed by atoms with E-state index in [0.717, 1.165) is 19.5 Å². The second-order valence-corrected chi connectivity index (χ2v) is 5.42. The van der Waals surface area contributed by atoms with Crippen molar-refractivity contribution in [3.05, 3.63) is 12.7 Å². The summed E-state index contributed by atoms with van der Waals surface area (Å²) in [5.41, 5.74) is 5.94. The number of hydrogen-bond acceptors (Lipinski definition) is 2. The number of nitrogens with two attached hydrogens (primary N) is 1. The summed E-state index contributed by atoms with van der Waals surface area (Å²) in [6.07, 6.45) is 2.97. The van der Waals surface area contributed by atoms with Crippen LogP contribution in [0.4, 0.5) is 0 Å². The summed E-state index contributed by atoms with van der Waals surface area (Å²) in [4.78, 5) is 2.44. The van der Waals surface area contributed by atoms with Gasteiger partial charge in [-0.3, -0.25) is 4.90 Å². The average Bonchev–Trinajstić information content (AvgIpc) is 2.15. The molecule has 0 aromatic heterocycles. The smallest absolute Gasteiger partial charge is 0.0173 e. The molecule has 0 unspecified atom stereocenters. The minimum Gasteiger partial charge on any atom is -0.330 e. The summed E-state index contributed by atoms with van der Waals surface area (Å²) < 4.78 is 0. The molecular weight excluding hydrogens is 196 g/mol. The quantitative estimate of drug-likeness (QED) is 0.731. The molecule has 2 N–H and O–H groups in total. The highest BCUT2D eigenvalue weighted by Gasteiger charge is 2.33. The second-order valence-electron chi connectivity index (χ2n) is 5.42. The Labute approximate surface area is 103 Å². The van der Waals surface area contributed by atoms with Crippen LogP contribution in [0, 0.1) is 0 Å². The lowest BCUT2D eigenvalue weighted by Crippen LogP contribution is -2.54. The van der Waals surface area contributed by atoms with Gasteiger partial charge in [0, 0.05) is 17.6 Å². The van der Waals surface area contributed by atoms with E-state index in [1.54, 1.807) is 0 Å². The van der Waals surface area contributed by atoms with Crippen molar-refractivity contribution in [1.82, 2.24) is 4.90 Å². The SMILES string of the molecule is C=CCN(C(C)(C)C)C(C)(C)CCN.CC. The lowest BCUT2D eigenvalue weighted by molar-refractivity contribution is 0.0355. The predicted octanol–water partition coefficient (Wildman–Crippen LogP) is 3.43. The van der Waals surface area contributed by atoms with E-state index in [2.05, 4.69) is 46.1 Å². The summed E-state index contributed by atoms with van der Waals surface area (Å²) >= 11 is 0. The maximum absolute atomic E-state index is 5.64. The van der Waals surface area contributed by atoms with Gasteiger partial charge in [-0.05, 0) is 47.6 Å². The third-order valence-electron chi connectivity index (χ3n) is 2.61. The summed E-state index contributed by atoms with van der Waals surface area (Å²) in [5.74, 6) is 0. The van der Waals surface area contributed by atoms with Crippen LogP contribution in [0.5, 0.6) is 0 Å². The zero-order valence-corrected chi connectivity index (χ0v) is 12.4. The van der Waals surface area contributed by atoms with E-state index in [-0.39, 0.29) is 11.1 Å². The first-order valence-corrected chi connectivity index (χ1v) is 6.34. The summed E-state index contributed by atoms with van der Waals surface area (Å²) in [5, 5.41) is 0. The molecule has 0 fully saturated rings. The molecule has 0 atom stereocenters. The highest BCUT2D eigenvalue weighted by atomic mass is 15.2. The third-order valence-corrected chi connectivity index (χ3v) is 2.61. The van der Waals surface area contributed by atoms with Crippen molar-refractivity contribution < 1.29 is 0 Å². The van der Waals surface area contributed by atoms with Gasteiger partial charge in [-0.25, -0.2) is 0 Å². The molecule has 2 heteroatoms. The fraction of sp³-hybridized carbons (Fsp3) is 0.857. The Morgan fingerprint density at radius 2 is 1.56 bits per heavy atom. The maximum Gasteiger partial charge on any atom is 0.0173 e. The Morgan fingerprint density at radius 1 is 1.12 bits per heavy atom. The van der Waals surface area contributed by atoms with Gasteiger partial charge in [0.05, 0.1) is 0 Å². The number of nitrogens with zero attached hydrogens (tertiary/aromatic N) is 1. The second kappa shape index (κ2) is 7.86. The van der Waals surface area contributed by atoms with Gasteiger partial charge in [-0.2, -0.15) is 0 Å². The molecule has 0 saturated heterocycles. The van der Waals surface area contributed by atoms with E-state index in [9.17, 15) is 0 Å². The molecule has 0 heterocycles. The summed E-state index contributed by atoms with van der Waals surface area (Å²) in [6, 6.07) is 0. The van der Waals surface area contributed by atoms with Crippen molar-refractivity contribution in [3.63, 3.8) is 0 Å². The number of rotatable bonds is 5. The van der Waals surface area contributed by atoms with Crippen LogP contribution < -0.4 is 5.73 Å². The molecule has 0 aromatic carbocycles. The van der Waals surface area contributed by atoms with Crippen LogP contribution in [-0.2, 0) is 0 Å². The normalized spacial score (nSPS) is 12.1. The lowest BCUT2D eigenvalue weighted by atomic mass is 9.91. The highest BCUT2D eigenvalue weighted by Crippen LogP contribution is 2.26. The first-order valence-electron chi connectivity index (χ1n) is 6.34. The van der Waals surface area contributed by atoms with E-state index in [1.165, 1.54) is 0 Å². The Kier molecular flexibility index (Phi) is 8.86. The van der Waals surface area contributed by atoms with Crippen molar-refractivity contribution in [1.29, 1.82) is 0 Å². The Bertz CT molecular complexity index is 178. The van der Waals surface area contributed by atoms with Crippen molar-refractivity contribution in [2.24, 2.45) is 5.73 Å². The molecule has 0 saturated carbocycles. The van der Waals surface area contributed by atoms with Crippen LogP contribution in [0.25, 0.3) is 0 Å². The van der Waals surface area contributed by atoms with Gasteiger partial charge in [0.1, 0.15) is 0 Å². The van der Waals surface area contributed by atoms with E-state index < -0.39 is 0 Å². The van der Waals surface area contributed by atoms with Crippen molar-refractivity contribution in [2.45, 2.75) is 66.0 Å². The molecule has 98 valence electrons. The molecule has 0 aliphatic heterocycles. The van der Waals surface area contributed by atoms with Crippen molar-refractivity contribution in [2.75, 3.05) is 13.1 Å². The van der Waals surface area contributed by atoms with Crippen LogP contribution in [0.2, 0.25) is 0 Å². The Balaban J connectivity index is 0. The molecule has 0 bridgehead atoms. The average molecular weight is 228 g/mol. The molecule has 0 rings (SSSR count). The molecule has 0 spiro atoms. The van der Waals surface area contributed by atoms with Crippen molar-refractivity contribution >= 4 is 0 Å². The fourth-order valence-corrected chi connectivity index (χ4v) is 2.05. The van der Waals surface area contributed by atoms with Gasteiger partial charge >= 0.3 is 0 Å². The third kappa shape index (κ3) is 6.29. The minimum absolute atomic E-state index is 0.140. The van der Waals surface area contributed by atoms with E-state index >= 15 is 0 Å². The first-order chi connectivity index (χ1) is 7.25. The molecule has 0 radical (unpaired) electrons. The standard InChI is InChI=1S/C12H26N2.C2H6/c1-7-10-14(11(2,3)4)12(5,6)8-9-13;1-2/h7H,1,8-10,13H2,2-6H3;1-2H3. The van der Waals surface area contributed by atoms with Gasteiger partial charge < -0.3 is 5.73 Å². The molecule has 0 aromatic rings. The van der Waals surface area contributed by atoms with Crippen LogP contribution in [-0.4, -0.2) is 29.1 Å². The lowest BCUT2D eigenvalue weighted by Gasteiger charge is -2.46. The van der Waals surface area contributed by atoms with Crippen molar-refractivity contribution in [3.8, 4) is 0 Å². The summed E-state index contributed by atoms with van der Waals surface area (Å²) in [6.45, 7) is 20.6. The predicted molar refractivity (Wildman–Crippen MR) is 75.8 cm³/mol. The summed E-state index contributed by atoms with van der Waals surface area (Å²) in [7, 11) is 0. The van der Waals surface area contributed by atoms with E-state index in [4.69, 9.17) is 5.73 Å². The van der Waals surface area contributed by atoms with Crippen LogP contribution in [0.3, 0.4) is 0 Å². The zero-order chi connectivity index (χ0) is 13.4. The van der Waals surface area contributed by atoms with Gasteiger partial charge in [-0.15, -0.1) is 6.58 Å². The molecule has 0 amide bonds. The van der Waals surface area contributed by atoms with Gasteiger partial charge in [0.2, 0.25) is 0 Å². The molecule has 0 aliphatic carbocycles. The molecule has 0 aliphatic rings. The fourth-order valence-electron chi connectivity index (χ4n) is 2.05. The molecular formula is C14H32N2. The highest BCUT2D eigenvalue weighted by molar-refractivity contribution is 4.93. The Morgan fingerprint density at radius 3 is 1.81 bits per heavy atom. The zero-order valence-electron chi connectivity index (χ0n) is 12.4. The topological polar surface area (TPSA) is 29.3 Å². The largest absolute Gasteiger partial charge is 0.330 e. The van der Waals surface area contributed by atoms with E-state index in [0.29, 0.717) is 0 Å². The molecule has 2 nitrogen and oxygen atoms in total. The monoisotopic (exact) mass is 228 g/mol. The van der Waals surface area contributed by atoms with Gasteiger partial charge in [-0.1, -0.05) is 19.9 Å². The maximum atomic E-state index is 5.64. The number of hydrogen-bond donors (Lipinski definition) is 1. The minimum atomic E-state index is 0.140. The van der Waals surface area contributed by atoms with Gasteiger partial charge in [0.25, 0.3) is 0 Å². The van der Waals surface area contributed by atoms with Crippen LogP contribution in [0.15, 0.2) is 12.7 Å².